The highest BCUT2D eigenvalue weighted by molar-refractivity contribution is 6.21. The summed E-state index contributed by atoms with van der Waals surface area (Å²) in [7, 11) is 0. The van der Waals surface area contributed by atoms with Crippen LogP contribution >= 0.6 is 0 Å². The van der Waals surface area contributed by atoms with Crippen LogP contribution in [0, 0.1) is 6.92 Å². The number of imide groups is 1. The van der Waals surface area contributed by atoms with E-state index in [2.05, 4.69) is 5.32 Å². The van der Waals surface area contributed by atoms with E-state index in [1.54, 1.807) is 66.7 Å². The van der Waals surface area contributed by atoms with Gasteiger partial charge < -0.3 is 10.1 Å². The van der Waals surface area contributed by atoms with Gasteiger partial charge in [-0.05, 0) is 61.9 Å². The first kappa shape index (κ1) is 24.5. The Balaban J connectivity index is 1.21. The van der Waals surface area contributed by atoms with Crippen LogP contribution in [0.25, 0.3) is 0 Å². The van der Waals surface area contributed by atoms with Gasteiger partial charge in [0, 0.05) is 29.8 Å². The normalized spacial score (nSPS) is 12.3. The Morgan fingerprint density at radius 2 is 1.53 bits per heavy atom. The number of benzene rings is 3. The standard InChI is InChI=1S/C28H24N2O6/c1-18-9-14-22-23(16-18)28(35)30(27(22)34)15-5-8-25(32)36-17-24(31)19-10-12-21(13-11-19)29-26(33)20-6-3-2-4-7-20/h2-4,6-7,9-14,16H,5,8,15,17H2,1H3,(H,29,33). The van der Waals surface area contributed by atoms with Crippen molar-refractivity contribution >= 4 is 35.2 Å². The van der Waals surface area contributed by atoms with Crippen molar-refractivity contribution in [2.75, 3.05) is 18.5 Å². The van der Waals surface area contributed by atoms with Crippen LogP contribution in [0.4, 0.5) is 5.69 Å². The summed E-state index contributed by atoms with van der Waals surface area (Å²) < 4.78 is 5.06. The predicted octanol–water partition coefficient (Wildman–Crippen LogP) is 4.05. The van der Waals surface area contributed by atoms with E-state index >= 15 is 0 Å². The molecule has 1 aliphatic heterocycles. The summed E-state index contributed by atoms with van der Waals surface area (Å²) in [6.07, 6.45) is 0.192. The van der Waals surface area contributed by atoms with Crippen LogP contribution < -0.4 is 5.32 Å². The van der Waals surface area contributed by atoms with E-state index in [0.717, 1.165) is 10.5 Å². The number of hydrogen-bond donors (Lipinski definition) is 1. The zero-order valence-electron chi connectivity index (χ0n) is 19.7. The summed E-state index contributed by atoms with van der Waals surface area (Å²) in [4.78, 5) is 62.7. The Morgan fingerprint density at radius 3 is 2.25 bits per heavy atom. The average Bonchev–Trinajstić information content (AvgIpc) is 3.12. The molecule has 1 heterocycles. The molecule has 0 fully saturated rings. The van der Waals surface area contributed by atoms with E-state index < -0.39 is 12.6 Å². The fourth-order valence-corrected chi connectivity index (χ4v) is 3.82. The molecule has 0 bridgehead atoms. The summed E-state index contributed by atoms with van der Waals surface area (Å²) in [5, 5.41) is 2.75. The Hall–Kier alpha value is -4.59. The van der Waals surface area contributed by atoms with Gasteiger partial charge in [0.05, 0.1) is 11.1 Å². The van der Waals surface area contributed by atoms with Gasteiger partial charge in [0.2, 0.25) is 0 Å². The second-order valence-corrected chi connectivity index (χ2v) is 8.40. The van der Waals surface area contributed by atoms with Gasteiger partial charge in [-0.3, -0.25) is 28.9 Å². The van der Waals surface area contributed by atoms with Crippen LogP contribution in [0.3, 0.4) is 0 Å². The molecule has 3 aromatic rings. The molecule has 0 spiro atoms. The molecule has 4 rings (SSSR count). The van der Waals surface area contributed by atoms with Crippen molar-refractivity contribution in [1.29, 1.82) is 0 Å². The first-order valence-corrected chi connectivity index (χ1v) is 11.5. The van der Waals surface area contributed by atoms with E-state index in [4.69, 9.17) is 4.74 Å². The Bertz CT molecular complexity index is 1330. The number of fused-ring (bicyclic) bond motifs is 1. The summed E-state index contributed by atoms with van der Waals surface area (Å²) >= 11 is 0. The van der Waals surface area contributed by atoms with Gasteiger partial charge in [-0.25, -0.2) is 0 Å². The molecule has 0 unspecified atom stereocenters. The van der Waals surface area contributed by atoms with Gasteiger partial charge in [-0.15, -0.1) is 0 Å². The van der Waals surface area contributed by atoms with Crippen molar-refractivity contribution in [3.05, 3.63) is 101 Å². The Kier molecular flexibility index (Phi) is 7.34. The molecular formula is C28H24N2O6. The molecule has 3 amide bonds. The second kappa shape index (κ2) is 10.8. The smallest absolute Gasteiger partial charge is 0.306 e. The third kappa shape index (κ3) is 5.55. The number of nitrogens with zero attached hydrogens (tertiary/aromatic N) is 1. The van der Waals surface area contributed by atoms with E-state index in [1.807, 2.05) is 13.0 Å². The molecular weight excluding hydrogens is 460 g/mol. The monoisotopic (exact) mass is 484 g/mol. The number of carbonyl (C=O) groups is 5. The third-order valence-electron chi connectivity index (χ3n) is 5.75. The molecule has 182 valence electrons. The minimum absolute atomic E-state index is 0.0375. The SMILES string of the molecule is Cc1ccc2c(c1)C(=O)N(CCCC(=O)OCC(=O)c1ccc(NC(=O)c3ccccc3)cc1)C2=O. The molecule has 0 saturated heterocycles. The minimum Gasteiger partial charge on any atom is -0.457 e. The van der Waals surface area contributed by atoms with Gasteiger partial charge >= 0.3 is 5.97 Å². The molecule has 3 aromatic carbocycles. The van der Waals surface area contributed by atoms with Crippen LogP contribution in [0.5, 0.6) is 0 Å². The molecule has 0 aliphatic carbocycles. The van der Waals surface area contributed by atoms with Gasteiger partial charge in [0.25, 0.3) is 17.7 Å². The maximum absolute atomic E-state index is 12.5. The first-order chi connectivity index (χ1) is 17.3. The summed E-state index contributed by atoms with van der Waals surface area (Å²) in [6.45, 7) is 1.50. The number of esters is 1. The van der Waals surface area contributed by atoms with Gasteiger partial charge in [-0.2, -0.15) is 0 Å². The maximum Gasteiger partial charge on any atom is 0.306 e. The number of amides is 3. The molecule has 0 aromatic heterocycles. The van der Waals surface area contributed by atoms with Crippen molar-refractivity contribution in [2.45, 2.75) is 19.8 Å². The number of nitrogens with one attached hydrogen (secondary N) is 1. The lowest BCUT2D eigenvalue weighted by Crippen LogP contribution is -2.31. The maximum atomic E-state index is 12.5. The number of hydrogen-bond acceptors (Lipinski definition) is 6. The first-order valence-electron chi connectivity index (χ1n) is 11.5. The largest absolute Gasteiger partial charge is 0.457 e. The quantitative estimate of drug-likeness (QED) is 0.279. The second-order valence-electron chi connectivity index (χ2n) is 8.40. The molecule has 1 aliphatic rings. The summed E-state index contributed by atoms with van der Waals surface area (Å²) in [6, 6.07) is 20.1. The highest BCUT2D eigenvalue weighted by Crippen LogP contribution is 2.24. The number of Topliss-reactive ketones (excluding diaryl/α,β-unsaturated/α-hetero) is 1. The molecule has 0 atom stereocenters. The van der Waals surface area contributed by atoms with E-state index in [9.17, 15) is 24.0 Å². The molecule has 8 nitrogen and oxygen atoms in total. The lowest BCUT2D eigenvalue weighted by molar-refractivity contribution is -0.142. The van der Waals surface area contributed by atoms with Crippen molar-refractivity contribution in [2.24, 2.45) is 0 Å². The molecule has 1 N–H and O–H groups in total. The highest BCUT2D eigenvalue weighted by Gasteiger charge is 2.35. The van der Waals surface area contributed by atoms with Gasteiger partial charge in [0.1, 0.15) is 0 Å². The van der Waals surface area contributed by atoms with Crippen molar-refractivity contribution in [3.63, 3.8) is 0 Å². The lowest BCUT2D eigenvalue weighted by atomic mass is 10.1. The zero-order valence-corrected chi connectivity index (χ0v) is 19.7. The number of carbonyl (C=O) groups excluding carboxylic acids is 5. The fourth-order valence-electron chi connectivity index (χ4n) is 3.82. The topological polar surface area (TPSA) is 110 Å². The summed E-state index contributed by atoms with van der Waals surface area (Å²) in [5.41, 5.74) is 3.00. The van der Waals surface area contributed by atoms with Crippen LogP contribution in [-0.4, -0.2) is 47.5 Å². The zero-order chi connectivity index (χ0) is 25.7. The summed E-state index contributed by atoms with van der Waals surface area (Å²) in [5.74, 6) is -1.99. The van der Waals surface area contributed by atoms with Crippen LogP contribution in [0.15, 0.2) is 72.8 Å². The average molecular weight is 485 g/mol. The molecule has 0 saturated carbocycles. The lowest BCUT2D eigenvalue weighted by Gasteiger charge is -2.13. The van der Waals surface area contributed by atoms with E-state index in [1.165, 1.54) is 0 Å². The van der Waals surface area contributed by atoms with Crippen LogP contribution in [-0.2, 0) is 9.53 Å². The predicted molar refractivity (Wildman–Crippen MR) is 132 cm³/mol. The Labute approximate surface area is 207 Å². The van der Waals surface area contributed by atoms with Crippen molar-refractivity contribution in [3.8, 4) is 0 Å². The number of ether oxygens (including phenoxy) is 1. The fraction of sp³-hybridized carbons (Fsp3) is 0.179. The van der Waals surface area contributed by atoms with Gasteiger partial charge in [-0.1, -0.05) is 29.8 Å². The van der Waals surface area contributed by atoms with E-state index in [0.29, 0.717) is 27.9 Å². The number of rotatable bonds is 9. The third-order valence-corrected chi connectivity index (χ3v) is 5.75. The number of ketones is 1. The van der Waals surface area contributed by atoms with Gasteiger partial charge in [0.15, 0.2) is 12.4 Å². The highest BCUT2D eigenvalue weighted by atomic mass is 16.5. The Morgan fingerprint density at radius 1 is 0.833 bits per heavy atom. The van der Waals surface area contributed by atoms with Crippen molar-refractivity contribution < 1.29 is 28.7 Å². The number of anilines is 1. The van der Waals surface area contributed by atoms with Crippen LogP contribution in [0.1, 0.15) is 59.8 Å². The molecule has 36 heavy (non-hydrogen) atoms. The van der Waals surface area contributed by atoms with Crippen LogP contribution in [0.2, 0.25) is 0 Å². The van der Waals surface area contributed by atoms with Crippen molar-refractivity contribution in [1.82, 2.24) is 4.90 Å². The molecule has 8 heteroatoms. The minimum atomic E-state index is -0.595. The molecule has 0 radical (unpaired) electrons. The number of aryl methyl sites for hydroxylation is 1. The van der Waals surface area contributed by atoms with E-state index in [-0.39, 0.29) is 42.9 Å².